The molecule has 0 spiro atoms. The Bertz CT molecular complexity index is 764. The summed E-state index contributed by atoms with van der Waals surface area (Å²) in [6, 6.07) is 17.0. The van der Waals surface area contributed by atoms with Crippen LogP contribution in [-0.2, 0) is 25.8 Å². The number of anilines is 1. The Morgan fingerprint density at radius 3 is 2.41 bits per heavy atom. The Labute approximate surface area is 159 Å². The van der Waals surface area contributed by atoms with E-state index in [2.05, 4.69) is 5.16 Å². The van der Waals surface area contributed by atoms with E-state index in [4.69, 9.17) is 19.1 Å². The van der Waals surface area contributed by atoms with Crippen LogP contribution in [0.4, 0.5) is 10.5 Å². The lowest BCUT2D eigenvalue weighted by molar-refractivity contribution is 0.0639. The van der Waals surface area contributed by atoms with Gasteiger partial charge in [-0.15, -0.1) is 0 Å². The topological polar surface area (TPSA) is 69.6 Å². The van der Waals surface area contributed by atoms with Gasteiger partial charge in [-0.05, 0) is 18.6 Å². The summed E-state index contributed by atoms with van der Waals surface area (Å²) in [5, 5.41) is 5.07. The average Bonchev–Trinajstić information content (AvgIpc) is 2.72. The minimum atomic E-state index is -0.629. The van der Waals surface area contributed by atoms with Gasteiger partial charge in [0.05, 0.1) is 19.9 Å². The number of hydrogen-bond acceptors (Lipinski definition) is 6. The van der Waals surface area contributed by atoms with Crippen LogP contribution in [0.5, 0.6) is 0 Å². The van der Waals surface area contributed by atoms with Gasteiger partial charge >= 0.3 is 6.09 Å². The van der Waals surface area contributed by atoms with Crippen molar-refractivity contribution < 1.29 is 23.9 Å². The molecule has 2 rings (SSSR count). The van der Waals surface area contributed by atoms with Crippen molar-refractivity contribution >= 4 is 17.7 Å². The average molecular weight is 372 g/mol. The molecule has 0 saturated heterocycles. The van der Waals surface area contributed by atoms with Gasteiger partial charge in [-0.25, -0.2) is 4.79 Å². The largest absolute Gasteiger partial charge is 0.474 e. The summed E-state index contributed by atoms with van der Waals surface area (Å²) in [5.41, 5.74) is 2.28. The van der Waals surface area contributed by atoms with Gasteiger partial charge in [-0.3, -0.25) is 4.84 Å². The van der Waals surface area contributed by atoms with Crippen molar-refractivity contribution in [1.82, 2.24) is 0 Å². The van der Waals surface area contributed by atoms with Crippen molar-refractivity contribution in [1.29, 1.82) is 0 Å². The molecule has 1 unspecified atom stereocenters. The predicted molar refractivity (Wildman–Crippen MR) is 102 cm³/mol. The van der Waals surface area contributed by atoms with Crippen molar-refractivity contribution in [2.45, 2.75) is 26.6 Å². The zero-order valence-corrected chi connectivity index (χ0v) is 15.9. The van der Waals surface area contributed by atoms with Crippen LogP contribution in [0.3, 0.4) is 0 Å². The predicted octanol–water partition coefficient (Wildman–Crippen LogP) is 4.45. The van der Waals surface area contributed by atoms with E-state index in [1.54, 1.807) is 19.1 Å². The quantitative estimate of drug-likeness (QED) is 0.408. The Balaban J connectivity index is 2.00. The number of nitrogens with zero attached hydrogens (tertiary/aromatic N) is 2. The van der Waals surface area contributed by atoms with Crippen LogP contribution in [0.15, 0.2) is 59.8 Å². The number of amides is 1. The summed E-state index contributed by atoms with van der Waals surface area (Å²) in [7, 11) is 2.68. The van der Waals surface area contributed by atoms with E-state index < -0.39 is 6.09 Å². The van der Waals surface area contributed by atoms with E-state index >= 15 is 0 Å². The number of oxime groups is 1. The van der Waals surface area contributed by atoms with Crippen LogP contribution < -0.4 is 5.06 Å². The van der Waals surface area contributed by atoms with Crippen LogP contribution in [0, 0.1) is 0 Å². The number of carbonyl (C=O) groups is 1. The molecular weight excluding hydrogens is 348 g/mol. The van der Waals surface area contributed by atoms with Gasteiger partial charge in [-0.2, -0.15) is 5.06 Å². The summed E-state index contributed by atoms with van der Waals surface area (Å²) >= 11 is 0. The molecule has 0 aliphatic heterocycles. The summed E-state index contributed by atoms with van der Waals surface area (Å²) in [6.07, 6.45) is -0.823. The Morgan fingerprint density at radius 2 is 1.74 bits per heavy atom. The maximum absolute atomic E-state index is 11.8. The summed E-state index contributed by atoms with van der Waals surface area (Å²) < 4.78 is 10.4. The molecule has 0 aromatic heterocycles. The highest BCUT2D eigenvalue weighted by molar-refractivity contribution is 5.86. The standard InChI is InChI=1S/C20H24N2O5/c1-15(17-10-6-5-7-11-17)27-21-16(2)26-14-18-12-8-9-13-19(18)22(25-4)20(23)24-3/h5-13,15H,14H2,1-4H3/b21-16-. The molecule has 0 aliphatic carbocycles. The second-order valence-corrected chi connectivity index (χ2v) is 5.63. The van der Waals surface area contributed by atoms with Crippen LogP contribution >= 0.6 is 0 Å². The fourth-order valence-electron chi connectivity index (χ4n) is 2.33. The van der Waals surface area contributed by atoms with Gasteiger partial charge in [0.25, 0.3) is 0 Å². The van der Waals surface area contributed by atoms with E-state index in [1.807, 2.05) is 49.4 Å². The van der Waals surface area contributed by atoms with Crippen LogP contribution in [-0.4, -0.2) is 26.2 Å². The number of carbonyl (C=O) groups excluding carboxylic acids is 1. The van der Waals surface area contributed by atoms with E-state index in [1.165, 1.54) is 14.2 Å². The Morgan fingerprint density at radius 1 is 1.07 bits per heavy atom. The maximum Gasteiger partial charge on any atom is 0.438 e. The van der Waals surface area contributed by atoms with Gasteiger partial charge < -0.3 is 14.3 Å². The molecule has 0 aliphatic rings. The molecule has 1 atom stereocenters. The number of para-hydroxylation sites is 1. The first-order chi connectivity index (χ1) is 13.1. The molecule has 7 nitrogen and oxygen atoms in total. The van der Waals surface area contributed by atoms with Gasteiger partial charge in [0, 0.05) is 12.5 Å². The smallest absolute Gasteiger partial charge is 0.438 e. The van der Waals surface area contributed by atoms with Crippen LogP contribution in [0.2, 0.25) is 0 Å². The monoisotopic (exact) mass is 372 g/mol. The molecule has 144 valence electrons. The van der Waals surface area contributed by atoms with Crippen LogP contribution in [0.25, 0.3) is 0 Å². The SMILES string of the molecule is COC(=O)N(OC)c1ccccc1CO/C(C)=N\OC(C)c1ccccc1. The number of benzene rings is 2. The highest BCUT2D eigenvalue weighted by Crippen LogP contribution is 2.22. The Hall–Kier alpha value is -3.06. The maximum atomic E-state index is 11.8. The highest BCUT2D eigenvalue weighted by atomic mass is 16.7. The van der Waals surface area contributed by atoms with Crippen molar-refractivity contribution in [3.63, 3.8) is 0 Å². The summed E-state index contributed by atoms with van der Waals surface area (Å²) in [5.74, 6) is 0.370. The first-order valence-corrected chi connectivity index (χ1v) is 8.45. The molecule has 1 amide bonds. The fourth-order valence-corrected chi connectivity index (χ4v) is 2.33. The number of rotatable bonds is 7. The molecule has 0 bridgehead atoms. The Kier molecular flexibility index (Phi) is 7.63. The highest BCUT2D eigenvalue weighted by Gasteiger charge is 2.19. The molecule has 0 fully saturated rings. The van der Waals surface area contributed by atoms with E-state index in [9.17, 15) is 4.79 Å². The molecule has 2 aromatic carbocycles. The first-order valence-electron chi connectivity index (χ1n) is 8.45. The second kappa shape index (κ2) is 10.2. The summed E-state index contributed by atoms with van der Waals surface area (Å²) in [4.78, 5) is 22.4. The van der Waals surface area contributed by atoms with Gasteiger partial charge in [0.15, 0.2) is 0 Å². The molecule has 0 heterocycles. The lowest BCUT2D eigenvalue weighted by Crippen LogP contribution is -2.30. The van der Waals surface area contributed by atoms with Crippen molar-refractivity contribution in [3.05, 3.63) is 65.7 Å². The zero-order valence-electron chi connectivity index (χ0n) is 15.9. The van der Waals surface area contributed by atoms with Crippen molar-refractivity contribution in [3.8, 4) is 0 Å². The number of hydrogen-bond donors (Lipinski definition) is 0. The molecule has 0 saturated carbocycles. The third-order valence-corrected chi connectivity index (χ3v) is 3.78. The van der Waals surface area contributed by atoms with Gasteiger partial charge in [0.1, 0.15) is 12.7 Å². The van der Waals surface area contributed by atoms with Crippen molar-refractivity contribution in [2.24, 2.45) is 5.16 Å². The van der Waals surface area contributed by atoms with Gasteiger partial charge in [-0.1, -0.05) is 53.7 Å². The van der Waals surface area contributed by atoms with E-state index in [0.717, 1.165) is 16.2 Å². The molecule has 2 aromatic rings. The number of hydroxylamine groups is 1. The van der Waals surface area contributed by atoms with Crippen LogP contribution in [0.1, 0.15) is 31.1 Å². The number of methoxy groups -OCH3 is 1. The normalized spacial score (nSPS) is 12.2. The van der Waals surface area contributed by atoms with E-state index in [0.29, 0.717) is 11.6 Å². The third-order valence-electron chi connectivity index (χ3n) is 3.78. The minimum absolute atomic E-state index is 0.186. The molecular formula is C20H24N2O5. The van der Waals surface area contributed by atoms with Gasteiger partial charge in [0.2, 0.25) is 5.90 Å². The van der Waals surface area contributed by atoms with E-state index in [-0.39, 0.29) is 12.7 Å². The summed E-state index contributed by atoms with van der Waals surface area (Å²) in [6.45, 7) is 3.80. The third kappa shape index (κ3) is 5.72. The first kappa shape index (κ1) is 20.3. The molecule has 7 heteroatoms. The lowest BCUT2D eigenvalue weighted by Gasteiger charge is -2.21. The minimum Gasteiger partial charge on any atom is -0.474 e. The van der Waals surface area contributed by atoms with Crippen molar-refractivity contribution in [2.75, 3.05) is 19.3 Å². The molecule has 27 heavy (non-hydrogen) atoms. The second-order valence-electron chi connectivity index (χ2n) is 5.63. The molecule has 0 N–H and O–H groups in total. The number of ether oxygens (including phenoxy) is 2. The lowest BCUT2D eigenvalue weighted by atomic mass is 10.1. The fraction of sp³-hybridized carbons (Fsp3) is 0.300. The molecule has 0 radical (unpaired) electrons. The zero-order chi connectivity index (χ0) is 19.6.